The Hall–Kier alpha value is -1.17. The van der Waals surface area contributed by atoms with Gasteiger partial charge in [0.1, 0.15) is 5.78 Å². The number of rotatable bonds is 6. The average Bonchev–Trinajstić information content (AvgIpc) is 2.01. The first-order valence-electron chi connectivity index (χ1n) is 4.42. The van der Waals surface area contributed by atoms with Crippen molar-refractivity contribution in [3.8, 4) is 0 Å². The summed E-state index contributed by atoms with van der Waals surface area (Å²) in [7, 11) is 1.23. The van der Waals surface area contributed by atoms with Crippen LogP contribution in [0.5, 0.6) is 0 Å². The van der Waals surface area contributed by atoms with Crippen molar-refractivity contribution in [3.63, 3.8) is 0 Å². The second kappa shape index (κ2) is 6.31. The lowest BCUT2D eigenvalue weighted by atomic mass is 10.1. The molecule has 0 aliphatic rings. The Morgan fingerprint density at radius 3 is 2.64 bits per heavy atom. The summed E-state index contributed by atoms with van der Waals surface area (Å²) >= 11 is 0. The van der Waals surface area contributed by atoms with Crippen molar-refractivity contribution in [1.82, 2.24) is 10.4 Å². The molecule has 0 rings (SSSR count). The van der Waals surface area contributed by atoms with Crippen LogP contribution in [0.25, 0.3) is 0 Å². The molecule has 0 aliphatic carbocycles. The SMILES string of the molecule is CC(=O)[C@H](CCCNC(=N)N)N(C)F. The highest BCUT2D eigenvalue weighted by molar-refractivity contribution is 5.81. The van der Waals surface area contributed by atoms with Gasteiger partial charge in [-0.25, -0.2) is 0 Å². The molecule has 0 radical (unpaired) electrons. The molecule has 0 aromatic carbocycles. The van der Waals surface area contributed by atoms with Gasteiger partial charge in [-0.15, -0.1) is 9.60 Å². The van der Waals surface area contributed by atoms with E-state index in [2.05, 4.69) is 5.32 Å². The number of nitrogens with two attached hydrogens (primary N) is 1. The van der Waals surface area contributed by atoms with Crippen LogP contribution in [-0.2, 0) is 4.79 Å². The second-order valence-corrected chi connectivity index (χ2v) is 3.13. The Morgan fingerprint density at radius 1 is 1.71 bits per heavy atom. The molecule has 0 spiro atoms. The van der Waals surface area contributed by atoms with Gasteiger partial charge in [-0.2, -0.15) is 0 Å². The highest BCUT2D eigenvalue weighted by atomic mass is 19.2. The summed E-state index contributed by atoms with van der Waals surface area (Å²) in [6.07, 6.45) is 1.01. The zero-order chi connectivity index (χ0) is 11.1. The lowest BCUT2D eigenvalue weighted by Crippen LogP contribution is -2.34. The standard InChI is InChI=1S/C8H17FN4O/c1-6(14)7(13(2)9)4-3-5-12-8(10)11/h7H,3-5H2,1-2H3,(H4,10,11,12)/t7-/m0/s1. The summed E-state index contributed by atoms with van der Waals surface area (Å²) < 4.78 is 12.7. The zero-order valence-corrected chi connectivity index (χ0v) is 8.51. The summed E-state index contributed by atoms with van der Waals surface area (Å²) in [6, 6.07) is -0.691. The van der Waals surface area contributed by atoms with E-state index in [1.807, 2.05) is 0 Å². The van der Waals surface area contributed by atoms with Crippen LogP contribution < -0.4 is 11.1 Å². The molecule has 0 unspecified atom stereocenters. The third-order valence-corrected chi connectivity index (χ3v) is 1.87. The van der Waals surface area contributed by atoms with Gasteiger partial charge in [-0.3, -0.25) is 10.2 Å². The molecule has 5 nitrogen and oxygen atoms in total. The Morgan fingerprint density at radius 2 is 2.29 bits per heavy atom. The molecule has 0 aliphatic heterocycles. The van der Waals surface area contributed by atoms with Gasteiger partial charge >= 0.3 is 0 Å². The highest BCUT2D eigenvalue weighted by Gasteiger charge is 2.18. The van der Waals surface area contributed by atoms with Gasteiger partial charge in [0.25, 0.3) is 0 Å². The van der Waals surface area contributed by atoms with Crippen molar-refractivity contribution >= 4 is 11.7 Å². The number of hydrogen-bond donors (Lipinski definition) is 3. The smallest absolute Gasteiger partial charge is 0.185 e. The predicted octanol–water partition coefficient (Wildman–Crippen LogP) is 0.0236. The van der Waals surface area contributed by atoms with E-state index in [9.17, 15) is 9.28 Å². The van der Waals surface area contributed by atoms with Crippen molar-refractivity contribution in [2.45, 2.75) is 25.8 Å². The minimum atomic E-state index is -0.691. The molecule has 82 valence electrons. The quantitative estimate of drug-likeness (QED) is 0.246. The van der Waals surface area contributed by atoms with Crippen molar-refractivity contribution in [1.29, 1.82) is 5.41 Å². The minimum absolute atomic E-state index is 0.113. The van der Waals surface area contributed by atoms with Crippen LogP contribution in [0.1, 0.15) is 19.8 Å². The molecule has 0 aromatic rings. The number of Topliss-reactive ketones (excluding diaryl/α,β-unsaturated/α-hetero) is 1. The second-order valence-electron chi connectivity index (χ2n) is 3.13. The van der Waals surface area contributed by atoms with Crippen LogP contribution in [0.2, 0.25) is 0 Å². The molecule has 0 saturated carbocycles. The Kier molecular flexibility index (Phi) is 5.78. The maximum Gasteiger partial charge on any atom is 0.185 e. The molecule has 0 saturated heterocycles. The van der Waals surface area contributed by atoms with E-state index in [4.69, 9.17) is 11.1 Å². The van der Waals surface area contributed by atoms with Gasteiger partial charge < -0.3 is 11.1 Å². The predicted molar refractivity (Wildman–Crippen MR) is 52.5 cm³/mol. The fraction of sp³-hybridized carbons (Fsp3) is 0.750. The largest absolute Gasteiger partial charge is 0.370 e. The summed E-state index contributed by atoms with van der Waals surface area (Å²) in [5.74, 6) is -0.309. The summed E-state index contributed by atoms with van der Waals surface area (Å²) in [5, 5.41) is 9.86. The topological polar surface area (TPSA) is 82.2 Å². The number of hydrogen-bond acceptors (Lipinski definition) is 3. The van der Waals surface area contributed by atoms with Crippen molar-refractivity contribution in [3.05, 3.63) is 0 Å². The molecule has 0 fully saturated rings. The fourth-order valence-electron chi connectivity index (χ4n) is 1.15. The van der Waals surface area contributed by atoms with Crippen LogP contribution in [0.3, 0.4) is 0 Å². The minimum Gasteiger partial charge on any atom is -0.370 e. The van der Waals surface area contributed by atoms with Crippen molar-refractivity contribution < 1.29 is 9.28 Å². The normalized spacial score (nSPS) is 12.6. The first-order valence-corrected chi connectivity index (χ1v) is 4.42. The van der Waals surface area contributed by atoms with E-state index in [1.54, 1.807) is 0 Å². The molecule has 4 N–H and O–H groups in total. The molecule has 0 aromatic heterocycles. The lowest BCUT2D eigenvalue weighted by Gasteiger charge is -2.17. The monoisotopic (exact) mass is 204 g/mol. The van der Waals surface area contributed by atoms with Crippen LogP contribution in [0.4, 0.5) is 4.48 Å². The Bertz CT molecular complexity index is 208. The summed E-state index contributed by atoms with van der Waals surface area (Å²) in [5.41, 5.74) is 5.05. The van der Waals surface area contributed by atoms with Gasteiger partial charge in [0.2, 0.25) is 0 Å². The number of likely N-dealkylation sites (N-methyl/N-ethyl adjacent to an activating group) is 1. The Balaban J connectivity index is 3.73. The van der Waals surface area contributed by atoms with Crippen LogP contribution in [-0.4, -0.2) is 36.5 Å². The third-order valence-electron chi connectivity index (χ3n) is 1.87. The molecule has 14 heavy (non-hydrogen) atoms. The molecule has 6 heteroatoms. The van der Waals surface area contributed by atoms with Gasteiger partial charge in [0.05, 0.1) is 6.04 Å². The summed E-state index contributed by atoms with van der Waals surface area (Å²) in [6.45, 7) is 1.84. The van der Waals surface area contributed by atoms with E-state index >= 15 is 0 Å². The maximum absolute atomic E-state index is 12.7. The number of ketones is 1. The first-order chi connectivity index (χ1) is 6.45. The van der Waals surface area contributed by atoms with Crippen LogP contribution in [0, 0.1) is 5.41 Å². The molecule has 0 amide bonds. The fourth-order valence-corrected chi connectivity index (χ4v) is 1.15. The zero-order valence-electron chi connectivity index (χ0n) is 8.51. The van der Waals surface area contributed by atoms with E-state index in [0.29, 0.717) is 24.5 Å². The van der Waals surface area contributed by atoms with E-state index in [1.165, 1.54) is 14.0 Å². The highest BCUT2D eigenvalue weighted by Crippen LogP contribution is 2.06. The lowest BCUT2D eigenvalue weighted by molar-refractivity contribution is -0.128. The van der Waals surface area contributed by atoms with Gasteiger partial charge in [-0.05, 0) is 19.8 Å². The van der Waals surface area contributed by atoms with Crippen LogP contribution >= 0.6 is 0 Å². The molecule has 0 bridgehead atoms. The number of carbonyl (C=O) groups excluding carboxylic acids is 1. The molecule has 0 heterocycles. The van der Waals surface area contributed by atoms with Crippen molar-refractivity contribution in [2.75, 3.05) is 13.6 Å². The van der Waals surface area contributed by atoms with Crippen LogP contribution in [0.15, 0.2) is 0 Å². The maximum atomic E-state index is 12.7. The van der Waals surface area contributed by atoms with Gasteiger partial charge in [-0.1, -0.05) is 0 Å². The van der Waals surface area contributed by atoms with E-state index < -0.39 is 6.04 Å². The first kappa shape index (κ1) is 12.8. The Labute approximate surface area is 82.9 Å². The number of carbonyl (C=O) groups is 1. The summed E-state index contributed by atoms with van der Waals surface area (Å²) in [4.78, 5) is 10.9. The molecular weight excluding hydrogens is 187 g/mol. The van der Waals surface area contributed by atoms with E-state index in [0.717, 1.165) is 0 Å². The number of guanidine groups is 1. The van der Waals surface area contributed by atoms with Gasteiger partial charge in [0.15, 0.2) is 5.96 Å². The number of nitrogens with zero attached hydrogens (tertiary/aromatic N) is 1. The third kappa shape index (κ3) is 5.47. The molecule has 1 atom stereocenters. The van der Waals surface area contributed by atoms with Crippen molar-refractivity contribution in [2.24, 2.45) is 5.73 Å². The average molecular weight is 204 g/mol. The number of halogens is 1. The number of nitrogens with one attached hydrogen (secondary N) is 2. The molecular formula is C8H17FN4O. The van der Waals surface area contributed by atoms with Gasteiger partial charge in [0, 0.05) is 13.6 Å². The van der Waals surface area contributed by atoms with E-state index in [-0.39, 0.29) is 11.7 Å².